The smallest absolute Gasteiger partial charge is 0.0577 e. The summed E-state index contributed by atoms with van der Waals surface area (Å²) in [5, 5.41) is 10.2. The summed E-state index contributed by atoms with van der Waals surface area (Å²) in [7, 11) is 0. The molecule has 0 aromatic heterocycles. The largest absolute Gasteiger partial charge is 0.393 e. The fourth-order valence-corrected chi connectivity index (χ4v) is 8.46. The van der Waals surface area contributed by atoms with Gasteiger partial charge in [0.05, 0.1) is 6.10 Å². The molecule has 8 atom stereocenters. The molecule has 1 nitrogen and oxygen atoms in total. The molecule has 0 aliphatic heterocycles. The summed E-state index contributed by atoms with van der Waals surface area (Å²) in [5.74, 6) is 2.16. The first-order valence-electron chi connectivity index (χ1n) is 15.1. The van der Waals surface area contributed by atoms with E-state index in [1.165, 1.54) is 37.7 Å². The number of rotatable bonds is 5. The Morgan fingerprint density at radius 1 is 1.11 bits per heavy atom. The summed E-state index contributed by atoms with van der Waals surface area (Å²) in [4.78, 5) is 0. The molecule has 0 aromatic carbocycles. The number of hydrogen-bond donors (Lipinski definition) is 1. The third-order valence-corrected chi connectivity index (χ3v) is 9.99. The minimum absolute atomic E-state index is 0.156. The van der Waals surface area contributed by atoms with Crippen LogP contribution >= 0.6 is 0 Å². The molecule has 0 saturated heterocycles. The van der Waals surface area contributed by atoms with Crippen molar-refractivity contribution in [1.82, 2.24) is 0 Å². The minimum atomic E-state index is -2.42. The Morgan fingerprint density at radius 2 is 1.93 bits per heavy atom. The van der Waals surface area contributed by atoms with E-state index in [-0.39, 0.29) is 17.9 Å². The van der Waals surface area contributed by atoms with E-state index < -0.39 is 19.6 Å². The summed E-state index contributed by atoms with van der Waals surface area (Å²) >= 11 is 0. The standard InChI is InChI=1S/C27H46O/c1-18(2)7-6-8-19(3)23-11-12-24-22-10-9-20-17-21(28)13-15-26(20,4)25(22)14-16-27(23,24)5/h9,18-19,21-25,28H,6-8,10-17H2,1-5H3/t19-,21+,22+,23-,24+,25+,26+,27-/m1/s1/i1D3,2D3. The SMILES string of the molecule is [2H]C([2H])([2H])C(CCC[C@@H](C)[C@H]1CC[C@H]2[C@@H]3CC=C4C[C@@H](O)CC[C@]4(C)[C@H]3CC[C@]12C)C([2H])([2H])[2H]. The fraction of sp³-hybridized carbons (Fsp3) is 0.926. The summed E-state index contributed by atoms with van der Waals surface area (Å²) in [5.41, 5.74) is 2.13. The molecule has 28 heavy (non-hydrogen) atoms. The Balaban J connectivity index is 1.42. The quantitative estimate of drug-likeness (QED) is 0.484. The molecule has 0 radical (unpaired) electrons. The summed E-state index contributed by atoms with van der Waals surface area (Å²) in [6, 6.07) is 0. The first-order valence-corrected chi connectivity index (χ1v) is 12.1. The van der Waals surface area contributed by atoms with Gasteiger partial charge in [-0.25, -0.2) is 0 Å². The van der Waals surface area contributed by atoms with Crippen LogP contribution in [0.3, 0.4) is 0 Å². The van der Waals surface area contributed by atoms with Crippen molar-refractivity contribution in [3.05, 3.63) is 11.6 Å². The Hall–Kier alpha value is -0.300. The van der Waals surface area contributed by atoms with Crippen LogP contribution in [-0.2, 0) is 0 Å². The fourth-order valence-electron chi connectivity index (χ4n) is 8.46. The van der Waals surface area contributed by atoms with Gasteiger partial charge in [0.1, 0.15) is 0 Å². The van der Waals surface area contributed by atoms with E-state index in [4.69, 9.17) is 8.22 Å². The van der Waals surface area contributed by atoms with E-state index >= 15 is 0 Å². The van der Waals surface area contributed by atoms with Crippen LogP contribution in [0.4, 0.5) is 0 Å². The van der Waals surface area contributed by atoms with Crippen molar-refractivity contribution in [2.45, 2.75) is 111 Å². The van der Waals surface area contributed by atoms with Gasteiger partial charge in [0.15, 0.2) is 0 Å². The molecule has 1 N–H and O–H groups in total. The van der Waals surface area contributed by atoms with Gasteiger partial charge in [-0.3, -0.25) is 0 Å². The highest BCUT2D eigenvalue weighted by molar-refractivity contribution is 5.25. The molecule has 4 aliphatic carbocycles. The van der Waals surface area contributed by atoms with E-state index in [1.807, 2.05) is 0 Å². The van der Waals surface area contributed by atoms with Crippen molar-refractivity contribution >= 4 is 0 Å². The second-order valence-electron chi connectivity index (χ2n) is 11.3. The van der Waals surface area contributed by atoms with Crippen LogP contribution in [0.1, 0.15) is 113 Å². The first kappa shape index (κ1) is 14.7. The molecular weight excluding hydrogens is 340 g/mol. The van der Waals surface area contributed by atoms with Gasteiger partial charge in [-0.05, 0) is 97.7 Å². The van der Waals surface area contributed by atoms with Crippen LogP contribution in [0.2, 0.25) is 0 Å². The molecule has 3 fully saturated rings. The average molecular weight is 393 g/mol. The second-order valence-corrected chi connectivity index (χ2v) is 11.3. The van der Waals surface area contributed by atoms with E-state index in [9.17, 15) is 5.11 Å². The highest BCUT2D eigenvalue weighted by atomic mass is 16.3. The minimum Gasteiger partial charge on any atom is -0.393 e. The molecule has 0 amide bonds. The van der Waals surface area contributed by atoms with E-state index in [0.717, 1.165) is 43.4 Å². The Bertz CT molecular complexity index is 758. The molecule has 0 heterocycles. The predicted octanol–water partition coefficient (Wildman–Crippen LogP) is 7.39. The maximum absolute atomic E-state index is 10.2. The van der Waals surface area contributed by atoms with Crippen molar-refractivity contribution in [1.29, 1.82) is 0 Å². The zero-order chi connectivity index (χ0) is 25.1. The maximum Gasteiger partial charge on any atom is 0.0577 e. The molecule has 3 saturated carbocycles. The molecule has 0 aromatic rings. The lowest BCUT2D eigenvalue weighted by atomic mass is 9.47. The second kappa shape index (κ2) is 7.75. The van der Waals surface area contributed by atoms with Crippen molar-refractivity contribution in [3.63, 3.8) is 0 Å². The third-order valence-electron chi connectivity index (χ3n) is 9.99. The van der Waals surface area contributed by atoms with Crippen LogP contribution in [0.15, 0.2) is 11.6 Å². The number of fused-ring (bicyclic) bond motifs is 5. The zero-order valence-electron chi connectivity index (χ0n) is 24.3. The Morgan fingerprint density at radius 3 is 2.71 bits per heavy atom. The summed E-state index contributed by atoms with van der Waals surface area (Å²) < 4.78 is 46.1. The lowest BCUT2D eigenvalue weighted by molar-refractivity contribution is -0.0573. The molecule has 4 aliphatic rings. The van der Waals surface area contributed by atoms with Crippen molar-refractivity contribution in [3.8, 4) is 0 Å². The van der Waals surface area contributed by atoms with Crippen LogP contribution < -0.4 is 0 Å². The molecule has 0 unspecified atom stereocenters. The molecular formula is C27H46O. The molecule has 0 bridgehead atoms. The normalized spacial score (nSPS) is 50.6. The molecule has 0 spiro atoms. The Kier molecular flexibility index (Phi) is 4.06. The number of aliphatic hydroxyl groups is 1. The van der Waals surface area contributed by atoms with Gasteiger partial charge in [-0.1, -0.05) is 65.4 Å². The van der Waals surface area contributed by atoms with Crippen LogP contribution in [0.25, 0.3) is 0 Å². The first-order chi connectivity index (χ1) is 15.7. The van der Waals surface area contributed by atoms with Crippen molar-refractivity contribution in [2.75, 3.05) is 0 Å². The van der Waals surface area contributed by atoms with Gasteiger partial charge in [0, 0.05) is 8.22 Å². The zero-order valence-corrected chi connectivity index (χ0v) is 18.3. The highest BCUT2D eigenvalue weighted by Crippen LogP contribution is 2.67. The van der Waals surface area contributed by atoms with Gasteiger partial charge in [-0.15, -0.1) is 0 Å². The van der Waals surface area contributed by atoms with Gasteiger partial charge >= 0.3 is 0 Å². The van der Waals surface area contributed by atoms with Crippen LogP contribution in [-0.4, -0.2) is 11.2 Å². The molecule has 160 valence electrons. The third kappa shape index (κ3) is 3.42. The van der Waals surface area contributed by atoms with Gasteiger partial charge in [-0.2, -0.15) is 0 Å². The van der Waals surface area contributed by atoms with E-state index in [1.54, 1.807) is 0 Å². The number of allylic oxidation sites excluding steroid dienone is 1. The highest BCUT2D eigenvalue weighted by Gasteiger charge is 2.59. The van der Waals surface area contributed by atoms with E-state index in [2.05, 4.69) is 26.8 Å². The van der Waals surface area contributed by atoms with Crippen molar-refractivity contribution < 1.29 is 13.3 Å². The van der Waals surface area contributed by atoms with Crippen molar-refractivity contribution in [2.24, 2.45) is 46.3 Å². The van der Waals surface area contributed by atoms with Gasteiger partial charge < -0.3 is 5.11 Å². The van der Waals surface area contributed by atoms with Crippen LogP contribution in [0.5, 0.6) is 0 Å². The number of aliphatic hydroxyl groups excluding tert-OH is 1. The lowest BCUT2D eigenvalue weighted by Gasteiger charge is -2.58. The molecule has 4 rings (SSSR count). The van der Waals surface area contributed by atoms with Crippen LogP contribution in [0, 0.1) is 46.3 Å². The monoisotopic (exact) mass is 392 g/mol. The van der Waals surface area contributed by atoms with E-state index in [0.29, 0.717) is 23.7 Å². The maximum atomic E-state index is 10.2. The Labute approximate surface area is 183 Å². The average Bonchev–Trinajstić information content (AvgIpc) is 3.07. The summed E-state index contributed by atoms with van der Waals surface area (Å²) in [6.07, 6.45) is 13.4. The molecule has 1 heteroatoms. The predicted molar refractivity (Wildman–Crippen MR) is 119 cm³/mol. The summed E-state index contributed by atoms with van der Waals surface area (Å²) in [6.45, 7) is 2.49. The van der Waals surface area contributed by atoms with Gasteiger partial charge in [0.2, 0.25) is 0 Å². The van der Waals surface area contributed by atoms with Gasteiger partial charge in [0.25, 0.3) is 0 Å². The number of hydrogen-bond acceptors (Lipinski definition) is 1. The topological polar surface area (TPSA) is 20.2 Å². The lowest BCUT2D eigenvalue weighted by Crippen LogP contribution is -2.50.